The molecule has 1 atom stereocenters. The minimum absolute atomic E-state index is 0.196. The summed E-state index contributed by atoms with van der Waals surface area (Å²) in [5, 5.41) is 11.0. The summed E-state index contributed by atoms with van der Waals surface area (Å²) in [6.07, 6.45) is 3.15. The van der Waals surface area contributed by atoms with Gasteiger partial charge in [-0.2, -0.15) is 0 Å². The minimum Gasteiger partial charge on any atom is -0.396 e. The van der Waals surface area contributed by atoms with Crippen molar-refractivity contribution < 1.29 is 5.11 Å². The molecule has 0 aliphatic carbocycles. The Kier molecular flexibility index (Phi) is 5.54. The normalized spacial score (nSPS) is 13.5. The number of hydrogen-bond donors (Lipinski definition) is 1. The maximum atomic E-state index is 9.60. The maximum absolute atomic E-state index is 9.60. The van der Waals surface area contributed by atoms with Crippen LogP contribution in [0.15, 0.2) is 72.4 Å². The average molecular weight is 296 g/mol. The molecule has 2 rings (SSSR count). The molecule has 110 valence electrons. The van der Waals surface area contributed by atoms with Crippen molar-refractivity contribution in [1.29, 1.82) is 0 Å². The van der Waals surface area contributed by atoms with Gasteiger partial charge < -0.3 is 5.11 Å². The van der Waals surface area contributed by atoms with E-state index in [4.69, 9.17) is 0 Å². The van der Waals surface area contributed by atoms with E-state index >= 15 is 0 Å². The van der Waals surface area contributed by atoms with E-state index in [2.05, 4.69) is 67.3 Å². The summed E-state index contributed by atoms with van der Waals surface area (Å²) in [5.74, 6) is 0.197. The summed E-state index contributed by atoms with van der Waals surface area (Å²) in [6, 6.07) is 21.0. The molecule has 2 aromatic carbocycles. The van der Waals surface area contributed by atoms with Crippen LogP contribution in [0.25, 0.3) is 0 Å². The van der Waals surface area contributed by atoms with Crippen molar-refractivity contribution in [2.24, 2.45) is 0 Å². The lowest BCUT2D eigenvalue weighted by Crippen LogP contribution is -2.39. The van der Waals surface area contributed by atoms with E-state index in [1.807, 2.05) is 18.2 Å². The summed E-state index contributed by atoms with van der Waals surface area (Å²) in [6.45, 7) is 4.91. The molecule has 0 aliphatic heterocycles. The molecule has 2 heteroatoms. The van der Waals surface area contributed by atoms with Crippen LogP contribution in [0, 0.1) is 0 Å². The van der Waals surface area contributed by atoms with Crippen molar-refractivity contribution in [2.75, 3.05) is 6.61 Å². The fraction of sp³-hybridized carbons (Fsp3) is 0.263. The van der Waals surface area contributed by atoms with Gasteiger partial charge in [-0.15, -0.1) is 0 Å². The van der Waals surface area contributed by atoms with E-state index in [-0.39, 0.29) is 12.5 Å². The number of benzene rings is 2. The van der Waals surface area contributed by atoms with Crippen LogP contribution in [0.3, 0.4) is 0 Å². The first-order valence-electron chi connectivity index (χ1n) is 7.52. The summed E-state index contributed by atoms with van der Waals surface area (Å²) in [5.41, 5.74) is 3.59. The van der Waals surface area contributed by atoms with Crippen LogP contribution in [0.1, 0.15) is 17.9 Å². The Morgan fingerprint density at radius 1 is 0.952 bits per heavy atom. The van der Waals surface area contributed by atoms with Crippen LogP contribution in [-0.4, -0.2) is 19.8 Å². The van der Waals surface area contributed by atoms with Gasteiger partial charge in [-0.25, -0.2) is 0 Å². The molecule has 1 nitrogen and oxygen atoms in total. The molecular weight excluding hydrogens is 272 g/mol. The van der Waals surface area contributed by atoms with E-state index < -0.39 is 8.07 Å². The molecule has 0 saturated carbocycles. The molecule has 0 fully saturated rings. The second-order valence-electron chi connectivity index (χ2n) is 6.02. The van der Waals surface area contributed by atoms with Crippen molar-refractivity contribution in [1.82, 2.24) is 0 Å². The van der Waals surface area contributed by atoms with Gasteiger partial charge in [0.25, 0.3) is 0 Å². The zero-order valence-corrected chi connectivity index (χ0v) is 13.9. The van der Waals surface area contributed by atoms with Crippen LogP contribution in [-0.2, 0) is 0 Å². The highest BCUT2D eigenvalue weighted by Gasteiger charge is 2.19. The van der Waals surface area contributed by atoms with Crippen LogP contribution in [0.4, 0.5) is 0 Å². The quantitative estimate of drug-likeness (QED) is 0.803. The number of hydrogen-bond acceptors (Lipinski definition) is 1. The molecule has 0 saturated heterocycles. The topological polar surface area (TPSA) is 20.2 Å². The zero-order chi connectivity index (χ0) is 15.1. The molecule has 0 aliphatic rings. The van der Waals surface area contributed by atoms with Gasteiger partial charge in [0.1, 0.15) is 8.07 Å². The van der Waals surface area contributed by atoms with Gasteiger partial charge >= 0.3 is 0 Å². The summed E-state index contributed by atoms with van der Waals surface area (Å²) in [4.78, 5) is 0. The molecule has 1 N–H and O–H groups in total. The fourth-order valence-electron chi connectivity index (χ4n) is 2.53. The van der Waals surface area contributed by atoms with Gasteiger partial charge in [0, 0.05) is 5.92 Å². The Bertz CT molecular complexity index is 561. The average Bonchev–Trinajstić information content (AvgIpc) is 2.53. The van der Waals surface area contributed by atoms with Crippen molar-refractivity contribution >= 4 is 13.3 Å². The monoisotopic (exact) mass is 296 g/mol. The van der Waals surface area contributed by atoms with Gasteiger partial charge in [0.05, 0.1) is 6.61 Å². The number of rotatable bonds is 6. The number of allylic oxidation sites excluding steroid dienone is 1. The van der Waals surface area contributed by atoms with Crippen molar-refractivity contribution in [2.45, 2.75) is 25.4 Å². The number of aliphatic hydroxyl groups is 1. The SMILES string of the molecule is C[Si](C)(/C=C\CC(CO)c1ccccc1)c1ccccc1. The molecule has 0 radical (unpaired) electrons. The smallest absolute Gasteiger partial charge is 0.103 e. The largest absolute Gasteiger partial charge is 0.396 e. The molecule has 0 amide bonds. The molecule has 0 bridgehead atoms. The zero-order valence-electron chi connectivity index (χ0n) is 12.9. The molecule has 2 aromatic rings. The van der Waals surface area contributed by atoms with Crippen molar-refractivity contribution in [3.63, 3.8) is 0 Å². The van der Waals surface area contributed by atoms with Gasteiger partial charge in [-0.05, 0) is 12.0 Å². The van der Waals surface area contributed by atoms with Crippen LogP contribution < -0.4 is 5.19 Å². The molecule has 1 unspecified atom stereocenters. The van der Waals surface area contributed by atoms with Gasteiger partial charge in [-0.3, -0.25) is 0 Å². The van der Waals surface area contributed by atoms with E-state index in [1.165, 1.54) is 10.8 Å². The molecule has 0 spiro atoms. The second kappa shape index (κ2) is 7.39. The first-order chi connectivity index (χ1) is 10.1. The molecular formula is C19H24OSi. The van der Waals surface area contributed by atoms with E-state index in [0.29, 0.717) is 0 Å². The lowest BCUT2D eigenvalue weighted by Gasteiger charge is -2.19. The highest BCUT2D eigenvalue weighted by atomic mass is 28.3. The van der Waals surface area contributed by atoms with Crippen molar-refractivity contribution in [3.05, 3.63) is 78.0 Å². The van der Waals surface area contributed by atoms with Crippen LogP contribution >= 0.6 is 0 Å². The third kappa shape index (κ3) is 4.41. The van der Waals surface area contributed by atoms with Crippen LogP contribution in [0.2, 0.25) is 13.1 Å². The Labute approximate surface area is 129 Å². The highest BCUT2D eigenvalue weighted by molar-refractivity contribution is 6.93. The third-order valence-electron chi connectivity index (χ3n) is 3.96. The lowest BCUT2D eigenvalue weighted by molar-refractivity contribution is 0.266. The Morgan fingerprint density at radius 3 is 2.10 bits per heavy atom. The van der Waals surface area contributed by atoms with Crippen molar-refractivity contribution in [3.8, 4) is 0 Å². The Balaban J connectivity index is 2.04. The van der Waals surface area contributed by atoms with Gasteiger partial charge in [0.2, 0.25) is 0 Å². The standard InChI is InChI=1S/C19H24OSi/c1-21(2,19-13-7-4-8-14-19)15-9-12-18(16-20)17-10-5-3-6-11-17/h3-11,13-15,18,20H,12,16H2,1-2H3/b15-9-. The lowest BCUT2D eigenvalue weighted by atomic mass is 9.97. The predicted molar refractivity (Wildman–Crippen MR) is 93.6 cm³/mol. The first kappa shape index (κ1) is 15.7. The third-order valence-corrected chi connectivity index (χ3v) is 6.85. The van der Waals surface area contributed by atoms with E-state index in [1.54, 1.807) is 0 Å². The predicted octanol–water partition coefficient (Wildman–Crippen LogP) is 3.86. The van der Waals surface area contributed by atoms with Gasteiger partial charge in [0.15, 0.2) is 0 Å². The van der Waals surface area contributed by atoms with E-state index in [9.17, 15) is 5.11 Å². The molecule has 0 aromatic heterocycles. The maximum Gasteiger partial charge on any atom is 0.103 e. The number of aliphatic hydroxyl groups excluding tert-OH is 1. The second-order valence-corrected chi connectivity index (χ2v) is 10.4. The highest BCUT2D eigenvalue weighted by Crippen LogP contribution is 2.19. The summed E-state index contributed by atoms with van der Waals surface area (Å²) < 4.78 is 0. The first-order valence-corrected chi connectivity index (χ1v) is 10.6. The minimum atomic E-state index is -1.52. The summed E-state index contributed by atoms with van der Waals surface area (Å²) >= 11 is 0. The fourth-order valence-corrected chi connectivity index (χ4v) is 4.50. The molecule has 21 heavy (non-hydrogen) atoms. The summed E-state index contributed by atoms with van der Waals surface area (Å²) in [7, 11) is -1.52. The molecule has 0 heterocycles. The Morgan fingerprint density at radius 2 is 1.52 bits per heavy atom. The van der Waals surface area contributed by atoms with Crippen LogP contribution in [0.5, 0.6) is 0 Å². The van der Waals surface area contributed by atoms with Gasteiger partial charge in [-0.1, -0.05) is 90.7 Å². The Hall–Kier alpha value is -1.64. The van der Waals surface area contributed by atoms with E-state index in [0.717, 1.165) is 6.42 Å².